The molecule has 0 unspecified atom stereocenters. The van der Waals surface area contributed by atoms with Crippen molar-refractivity contribution in [3.63, 3.8) is 0 Å². The summed E-state index contributed by atoms with van der Waals surface area (Å²) < 4.78 is 1.89. The molecule has 1 saturated carbocycles. The van der Waals surface area contributed by atoms with Crippen LogP contribution in [0.3, 0.4) is 0 Å². The molecule has 0 amide bonds. The van der Waals surface area contributed by atoms with Gasteiger partial charge in [-0.25, -0.2) is 4.99 Å². The molecule has 1 aromatic heterocycles. The Hall–Kier alpha value is -1.52. The van der Waals surface area contributed by atoms with Crippen molar-refractivity contribution in [1.82, 2.24) is 20.0 Å². The van der Waals surface area contributed by atoms with E-state index in [-0.39, 0.29) is 0 Å². The summed E-state index contributed by atoms with van der Waals surface area (Å²) in [5.74, 6) is 1.07. The van der Waals surface area contributed by atoms with Gasteiger partial charge in [-0.2, -0.15) is 5.10 Å². The van der Waals surface area contributed by atoms with E-state index < -0.39 is 0 Å². The van der Waals surface area contributed by atoms with Gasteiger partial charge in [0, 0.05) is 32.9 Å². The third-order valence-corrected chi connectivity index (χ3v) is 4.80. The molecule has 2 heterocycles. The highest BCUT2D eigenvalue weighted by Gasteiger charge is 2.43. The Morgan fingerprint density at radius 2 is 2.30 bits per heavy atom. The fourth-order valence-corrected chi connectivity index (χ4v) is 3.34. The van der Waals surface area contributed by atoms with Gasteiger partial charge in [0.1, 0.15) is 0 Å². The van der Waals surface area contributed by atoms with Crippen molar-refractivity contribution in [2.24, 2.45) is 17.5 Å². The second kappa shape index (κ2) is 5.46. The fourth-order valence-electron chi connectivity index (χ4n) is 3.34. The number of aliphatic imine (C=N–C) groups is 1. The molecule has 20 heavy (non-hydrogen) atoms. The molecule has 1 saturated heterocycles. The van der Waals surface area contributed by atoms with E-state index in [9.17, 15) is 0 Å². The summed E-state index contributed by atoms with van der Waals surface area (Å²) in [5, 5.41) is 7.64. The average Bonchev–Trinajstić information content (AvgIpc) is 3.01. The lowest BCUT2D eigenvalue weighted by Gasteiger charge is -2.38. The molecule has 3 rings (SSSR count). The van der Waals surface area contributed by atoms with Gasteiger partial charge < -0.3 is 10.2 Å². The number of aryl methyl sites for hydroxylation is 1. The molecule has 2 aliphatic rings. The van der Waals surface area contributed by atoms with Crippen molar-refractivity contribution >= 4 is 5.96 Å². The molecule has 1 spiro atoms. The maximum atomic E-state index is 4.79. The molecule has 0 aromatic carbocycles. The molecule has 0 atom stereocenters. The zero-order chi connectivity index (χ0) is 14.0. The average molecular weight is 275 g/mol. The van der Waals surface area contributed by atoms with E-state index in [2.05, 4.69) is 22.2 Å². The number of nitrogens with one attached hydrogen (secondary N) is 1. The fraction of sp³-hybridized carbons (Fsp3) is 0.733. The SMILES string of the molecule is CCNC(=NCc1ccnn1C)N1CCC2(CCC2)C1. The standard InChI is InChI=1S/C15H25N5/c1-3-16-14(17-11-13-5-9-18-19(13)2)20-10-8-15(12-20)6-4-7-15/h5,9H,3-4,6-8,10-12H2,1-2H3,(H,16,17). The van der Waals surface area contributed by atoms with Gasteiger partial charge >= 0.3 is 0 Å². The molecule has 1 aliphatic carbocycles. The van der Waals surface area contributed by atoms with E-state index in [4.69, 9.17) is 4.99 Å². The number of aromatic nitrogens is 2. The predicted molar refractivity (Wildman–Crippen MR) is 80.5 cm³/mol. The predicted octanol–water partition coefficient (Wildman–Crippen LogP) is 1.76. The summed E-state index contributed by atoms with van der Waals surface area (Å²) >= 11 is 0. The molecule has 1 aliphatic heterocycles. The van der Waals surface area contributed by atoms with Crippen molar-refractivity contribution in [1.29, 1.82) is 0 Å². The first kappa shape index (κ1) is 13.5. The smallest absolute Gasteiger partial charge is 0.194 e. The van der Waals surface area contributed by atoms with Gasteiger partial charge in [0.05, 0.1) is 12.2 Å². The van der Waals surface area contributed by atoms with Crippen LogP contribution in [-0.4, -0.2) is 40.3 Å². The Morgan fingerprint density at radius 3 is 2.85 bits per heavy atom. The topological polar surface area (TPSA) is 45.5 Å². The minimum absolute atomic E-state index is 0.614. The van der Waals surface area contributed by atoms with Gasteiger partial charge in [-0.3, -0.25) is 4.68 Å². The summed E-state index contributed by atoms with van der Waals surface area (Å²) in [7, 11) is 1.97. The normalized spacial score (nSPS) is 21.3. The van der Waals surface area contributed by atoms with Crippen LogP contribution in [0.15, 0.2) is 17.3 Å². The third kappa shape index (κ3) is 2.53. The van der Waals surface area contributed by atoms with Crippen LogP contribution >= 0.6 is 0 Å². The summed E-state index contributed by atoms with van der Waals surface area (Å²) in [4.78, 5) is 7.24. The summed E-state index contributed by atoms with van der Waals surface area (Å²) in [6, 6.07) is 2.03. The zero-order valence-electron chi connectivity index (χ0n) is 12.6. The quantitative estimate of drug-likeness (QED) is 0.675. The molecular formula is C15H25N5. The van der Waals surface area contributed by atoms with Crippen molar-refractivity contribution in [3.05, 3.63) is 18.0 Å². The van der Waals surface area contributed by atoms with Crippen molar-refractivity contribution in [2.45, 2.75) is 39.2 Å². The number of hydrogen-bond donors (Lipinski definition) is 1. The largest absolute Gasteiger partial charge is 0.357 e. The Labute approximate surface area is 121 Å². The maximum Gasteiger partial charge on any atom is 0.194 e. The lowest BCUT2D eigenvalue weighted by atomic mass is 9.68. The molecule has 5 heteroatoms. The maximum absolute atomic E-state index is 4.79. The van der Waals surface area contributed by atoms with Crippen LogP contribution in [0.25, 0.3) is 0 Å². The number of likely N-dealkylation sites (tertiary alicyclic amines) is 1. The summed E-state index contributed by atoms with van der Waals surface area (Å²) in [5.41, 5.74) is 1.76. The van der Waals surface area contributed by atoms with Gasteiger partial charge in [-0.1, -0.05) is 6.42 Å². The number of guanidine groups is 1. The van der Waals surface area contributed by atoms with Crippen LogP contribution in [-0.2, 0) is 13.6 Å². The Kier molecular flexibility index (Phi) is 3.68. The van der Waals surface area contributed by atoms with E-state index in [1.54, 1.807) is 0 Å². The van der Waals surface area contributed by atoms with Crippen LogP contribution in [0.5, 0.6) is 0 Å². The first-order chi connectivity index (χ1) is 9.72. The second-order valence-corrected chi connectivity index (χ2v) is 6.14. The molecule has 5 nitrogen and oxygen atoms in total. The molecule has 1 N–H and O–H groups in total. The lowest BCUT2D eigenvalue weighted by molar-refractivity contribution is 0.151. The van der Waals surface area contributed by atoms with Gasteiger partial charge in [-0.15, -0.1) is 0 Å². The zero-order valence-corrected chi connectivity index (χ0v) is 12.6. The Morgan fingerprint density at radius 1 is 1.45 bits per heavy atom. The van der Waals surface area contributed by atoms with E-state index in [1.165, 1.54) is 32.2 Å². The first-order valence-electron chi connectivity index (χ1n) is 7.73. The van der Waals surface area contributed by atoms with Gasteiger partial charge in [0.15, 0.2) is 5.96 Å². The van der Waals surface area contributed by atoms with E-state index in [1.807, 2.05) is 24.0 Å². The third-order valence-electron chi connectivity index (χ3n) is 4.80. The molecule has 1 aromatic rings. The van der Waals surface area contributed by atoms with Crippen molar-refractivity contribution < 1.29 is 0 Å². The van der Waals surface area contributed by atoms with Gasteiger partial charge in [0.2, 0.25) is 0 Å². The highest BCUT2D eigenvalue weighted by atomic mass is 15.3. The van der Waals surface area contributed by atoms with Crippen LogP contribution in [0.1, 0.15) is 38.3 Å². The highest BCUT2D eigenvalue weighted by Crippen LogP contribution is 2.47. The van der Waals surface area contributed by atoms with Crippen molar-refractivity contribution in [3.8, 4) is 0 Å². The van der Waals surface area contributed by atoms with E-state index >= 15 is 0 Å². The van der Waals surface area contributed by atoms with Gasteiger partial charge in [0.25, 0.3) is 0 Å². The first-order valence-corrected chi connectivity index (χ1v) is 7.73. The molecule has 0 bridgehead atoms. The Bertz CT molecular complexity index is 486. The monoisotopic (exact) mass is 275 g/mol. The minimum Gasteiger partial charge on any atom is -0.357 e. The van der Waals surface area contributed by atoms with E-state index in [0.29, 0.717) is 12.0 Å². The highest BCUT2D eigenvalue weighted by molar-refractivity contribution is 5.80. The van der Waals surface area contributed by atoms with Crippen LogP contribution in [0.2, 0.25) is 0 Å². The van der Waals surface area contributed by atoms with Crippen molar-refractivity contribution in [2.75, 3.05) is 19.6 Å². The van der Waals surface area contributed by atoms with E-state index in [0.717, 1.165) is 24.7 Å². The molecule has 2 fully saturated rings. The minimum atomic E-state index is 0.614. The number of rotatable bonds is 3. The second-order valence-electron chi connectivity index (χ2n) is 6.14. The van der Waals surface area contributed by atoms with Crippen LogP contribution in [0.4, 0.5) is 0 Å². The molecule has 110 valence electrons. The Balaban J connectivity index is 1.67. The number of hydrogen-bond acceptors (Lipinski definition) is 2. The number of nitrogens with zero attached hydrogens (tertiary/aromatic N) is 4. The van der Waals surface area contributed by atoms with Crippen LogP contribution < -0.4 is 5.32 Å². The van der Waals surface area contributed by atoms with Crippen LogP contribution in [0, 0.1) is 5.41 Å². The summed E-state index contributed by atoms with van der Waals surface area (Å²) in [6.45, 7) is 6.09. The lowest BCUT2D eigenvalue weighted by Crippen LogP contribution is -2.42. The summed E-state index contributed by atoms with van der Waals surface area (Å²) in [6.07, 6.45) is 7.39. The van der Waals surface area contributed by atoms with Gasteiger partial charge in [-0.05, 0) is 37.7 Å². The molecular weight excluding hydrogens is 250 g/mol. The molecule has 0 radical (unpaired) electrons.